The predicted octanol–water partition coefficient (Wildman–Crippen LogP) is 6.72. The van der Waals surface area contributed by atoms with E-state index < -0.39 is 37.7 Å². The molecule has 1 atom stereocenters. The number of aryl methyl sites for hydroxylation is 1. The molecule has 0 saturated heterocycles. The fourth-order valence-electron chi connectivity index (χ4n) is 3.54. The molecule has 0 radical (unpaired) electrons. The lowest BCUT2D eigenvalue weighted by Gasteiger charge is -2.34. The first-order valence-electron chi connectivity index (χ1n) is 9.75. The van der Waals surface area contributed by atoms with E-state index in [9.17, 15) is 17.6 Å². The first kappa shape index (κ1) is 22.6. The molecule has 0 aliphatic rings. The van der Waals surface area contributed by atoms with Gasteiger partial charge in [0.25, 0.3) is 0 Å². The van der Waals surface area contributed by atoms with Crippen LogP contribution in [0.3, 0.4) is 0 Å². The van der Waals surface area contributed by atoms with Crippen molar-refractivity contribution in [3.05, 3.63) is 65.0 Å². The Balaban J connectivity index is 2.23. The third kappa shape index (κ3) is 5.64. The van der Waals surface area contributed by atoms with E-state index in [-0.39, 0.29) is 5.56 Å². The second-order valence-corrected chi connectivity index (χ2v) is 11.8. The van der Waals surface area contributed by atoms with E-state index in [1.54, 1.807) is 0 Å². The molecule has 0 saturated carbocycles. The lowest BCUT2D eigenvalue weighted by atomic mass is 10.0. The van der Waals surface area contributed by atoms with Gasteiger partial charge in [-0.1, -0.05) is 20.8 Å². The Kier molecular flexibility index (Phi) is 8.18. The Hall–Kier alpha value is -1.73. The zero-order valence-electron chi connectivity index (χ0n) is 16.6. The van der Waals surface area contributed by atoms with E-state index >= 15 is 0 Å². The number of rotatable bonds is 10. The van der Waals surface area contributed by atoms with Crippen LogP contribution in [0.25, 0.3) is 0 Å². The molecule has 0 fully saturated rings. The van der Waals surface area contributed by atoms with Crippen molar-refractivity contribution in [1.82, 2.24) is 4.98 Å². The maximum Gasteiger partial charge on any atom is 0.192 e. The third-order valence-electron chi connectivity index (χ3n) is 5.39. The molecule has 2 aromatic rings. The second-order valence-electron chi connectivity index (χ2n) is 7.04. The van der Waals surface area contributed by atoms with Crippen molar-refractivity contribution >= 4 is 8.32 Å². The van der Waals surface area contributed by atoms with E-state index in [1.807, 2.05) is 20.8 Å². The van der Waals surface area contributed by atoms with Gasteiger partial charge in [0.05, 0.1) is 24.1 Å². The topological polar surface area (TPSA) is 22.1 Å². The van der Waals surface area contributed by atoms with Gasteiger partial charge in [0, 0.05) is 6.07 Å². The van der Waals surface area contributed by atoms with Crippen molar-refractivity contribution in [2.75, 3.05) is 0 Å². The summed E-state index contributed by atoms with van der Waals surface area (Å²) in [6.07, 6.45) is 2.46. The van der Waals surface area contributed by atoms with Gasteiger partial charge in [-0.2, -0.15) is 0 Å². The number of halogens is 4. The molecule has 0 bridgehead atoms. The van der Waals surface area contributed by atoms with Gasteiger partial charge in [-0.05, 0) is 55.1 Å². The first-order valence-corrected chi connectivity index (χ1v) is 12.3. The lowest BCUT2D eigenvalue weighted by Crippen LogP contribution is -2.37. The number of aromatic nitrogens is 1. The molecule has 1 aromatic heterocycles. The molecule has 0 N–H and O–H groups in total. The smallest absolute Gasteiger partial charge is 0.192 e. The molecule has 28 heavy (non-hydrogen) atoms. The monoisotopic (exact) mass is 413 g/mol. The number of pyridine rings is 1. The van der Waals surface area contributed by atoms with Crippen LogP contribution in [-0.2, 0) is 10.8 Å². The third-order valence-corrected chi connectivity index (χ3v) is 10.0. The maximum absolute atomic E-state index is 14.4. The summed E-state index contributed by atoms with van der Waals surface area (Å²) in [6.45, 7) is 6.14. The van der Waals surface area contributed by atoms with Gasteiger partial charge in [0.2, 0.25) is 0 Å². The SMILES string of the molecule is CC[Si](CC)(CC)OC(CCCc1cc(F)cc(F)c1)c1c(F)cncc1F. The van der Waals surface area contributed by atoms with E-state index in [0.717, 1.165) is 36.6 Å². The fourth-order valence-corrected chi connectivity index (χ4v) is 6.38. The Labute approximate surface area is 165 Å². The average molecular weight is 414 g/mol. The van der Waals surface area contributed by atoms with E-state index in [0.29, 0.717) is 24.8 Å². The van der Waals surface area contributed by atoms with Gasteiger partial charge in [-0.3, -0.25) is 4.98 Å². The molecule has 0 aliphatic carbocycles. The van der Waals surface area contributed by atoms with Gasteiger partial charge < -0.3 is 4.43 Å². The summed E-state index contributed by atoms with van der Waals surface area (Å²) in [5, 5.41) is 0. The van der Waals surface area contributed by atoms with Crippen molar-refractivity contribution in [3.8, 4) is 0 Å². The minimum absolute atomic E-state index is 0.104. The first-order chi connectivity index (χ1) is 13.3. The molecular weight excluding hydrogens is 386 g/mol. The van der Waals surface area contributed by atoms with E-state index in [1.165, 1.54) is 12.1 Å². The summed E-state index contributed by atoms with van der Waals surface area (Å²) >= 11 is 0. The molecule has 0 aliphatic heterocycles. The lowest BCUT2D eigenvalue weighted by molar-refractivity contribution is 0.167. The van der Waals surface area contributed by atoms with Crippen LogP contribution >= 0.6 is 0 Å². The van der Waals surface area contributed by atoms with Crippen LogP contribution in [0.4, 0.5) is 17.6 Å². The van der Waals surface area contributed by atoms with Gasteiger partial charge >= 0.3 is 0 Å². The highest BCUT2D eigenvalue weighted by Crippen LogP contribution is 2.35. The number of nitrogens with zero attached hydrogens (tertiary/aromatic N) is 1. The summed E-state index contributed by atoms with van der Waals surface area (Å²) in [5.41, 5.74) is 0.407. The van der Waals surface area contributed by atoms with Crippen LogP contribution in [0.15, 0.2) is 30.6 Å². The average Bonchev–Trinajstić information content (AvgIpc) is 2.65. The molecule has 0 amide bonds. The summed E-state index contributed by atoms with van der Waals surface area (Å²) in [4.78, 5) is 3.55. The molecule has 0 spiro atoms. The number of benzene rings is 1. The van der Waals surface area contributed by atoms with Gasteiger partial charge in [-0.25, -0.2) is 17.6 Å². The van der Waals surface area contributed by atoms with E-state index in [2.05, 4.69) is 4.98 Å². The van der Waals surface area contributed by atoms with Crippen molar-refractivity contribution in [2.24, 2.45) is 0 Å². The molecule has 1 aromatic carbocycles. The Morgan fingerprint density at radius 3 is 1.93 bits per heavy atom. The van der Waals surface area contributed by atoms with Gasteiger partial charge in [-0.15, -0.1) is 0 Å². The molecular formula is C21H27F4NOSi. The van der Waals surface area contributed by atoms with E-state index in [4.69, 9.17) is 4.43 Å². The fraction of sp³-hybridized carbons (Fsp3) is 0.476. The Morgan fingerprint density at radius 2 is 1.43 bits per heavy atom. The van der Waals surface area contributed by atoms with Crippen LogP contribution in [0.5, 0.6) is 0 Å². The second kappa shape index (κ2) is 10.2. The maximum atomic E-state index is 14.4. The Bertz CT molecular complexity index is 734. The Morgan fingerprint density at radius 1 is 0.893 bits per heavy atom. The summed E-state index contributed by atoms with van der Waals surface area (Å²) < 4.78 is 61.9. The van der Waals surface area contributed by atoms with Gasteiger partial charge in [0.1, 0.15) is 23.3 Å². The van der Waals surface area contributed by atoms with Crippen molar-refractivity contribution in [3.63, 3.8) is 0 Å². The minimum atomic E-state index is -2.13. The van der Waals surface area contributed by atoms with Crippen molar-refractivity contribution in [2.45, 2.75) is 64.3 Å². The van der Waals surface area contributed by atoms with Crippen LogP contribution < -0.4 is 0 Å². The number of hydrogen-bond donors (Lipinski definition) is 0. The molecule has 2 nitrogen and oxygen atoms in total. The molecule has 1 unspecified atom stereocenters. The van der Waals surface area contributed by atoms with Gasteiger partial charge in [0.15, 0.2) is 8.32 Å². The molecule has 1 heterocycles. The predicted molar refractivity (Wildman–Crippen MR) is 104 cm³/mol. The molecule has 154 valence electrons. The van der Waals surface area contributed by atoms with Crippen LogP contribution in [-0.4, -0.2) is 13.3 Å². The quantitative estimate of drug-likeness (QED) is 0.318. The standard InChI is InChI=1S/C21H27F4NOSi/c1-4-28(5-2,6-3)27-20(21-18(24)13-26-14-19(21)25)9-7-8-15-10-16(22)12-17(23)11-15/h10-14,20H,4-9H2,1-3H3. The minimum Gasteiger partial charge on any atom is -0.410 e. The van der Waals surface area contributed by atoms with Crippen molar-refractivity contribution in [1.29, 1.82) is 0 Å². The summed E-state index contributed by atoms with van der Waals surface area (Å²) in [6, 6.07) is 5.91. The highest BCUT2D eigenvalue weighted by molar-refractivity contribution is 6.73. The summed E-state index contributed by atoms with van der Waals surface area (Å²) in [7, 11) is -2.13. The van der Waals surface area contributed by atoms with Crippen LogP contribution in [0.1, 0.15) is 50.8 Å². The normalized spacial score (nSPS) is 13.0. The highest BCUT2D eigenvalue weighted by Gasteiger charge is 2.34. The van der Waals surface area contributed by atoms with Crippen molar-refractivity contribution < 1.29 is 22.0 Å². The summed E-state index contributed by atoms with van der Waals surface area (Å²) in [5.74, 6) is -2.73. The molecule has 2 rings (SSSR count). The highest BCUT2D eigenvalue weighted by atomic mass is 28.4. The van der Waals surface area contributed by atoms with Crippen LogP contribution in [0.2, 0.25) is 18.1 Å². The van der Waals surface area contributed by atoms with Crippen LogP contribution in [0, 0.1) is 23.3 Å². The zero-order chi connectivity index (χ0) is 20.7. The molecule has 7 heteroatoms. The zero-order valence-corrected chi connectivity index (χ0v) is 17.6. The largest absolute Gasteiger partial charge is 0.410 e. The number of hydrogen-bond acceptors (Lipinski definition) is 2.